The Morgan fingerprint density at radius 3 is 2.50 bits per heavy atom. The van der Waals surface area contributed by atoms with E-state index in [1.54, 1.807) is 0 Å². The molecule has 0 aromatic heterocycles. The molecule has 0 aliphatic carbocycles. The van der Waals surface area contributed by atoms with Crippen molar-refractivity contribution in [1.29, 1.82) is 0 Å². The maximum Gasteiger partial charge on any atom is -0.0389 e. The third-order valence-electron chi connectivity index (χ3n) is 0.697. The van der Waals surface area contributed by atoms with E-state index in [9.17, 15) is 0 Å². The molecule has 0 aromatic carbocycles. The van der Waals surface area contributed by atoms with Gasteiger partial charge in [-0.3, -0.25) is 0 Å². The molecule has 0 fully saturated rings. The molecule has 6 heavy (non-hydrogen) atoms. The zero-order valence-corrected chi connectivity index (χ0v) is 4.41. The topological polar surface area (TPSA) is 0 Å². The van der Waals surface area contributed by atoms with Crippen LogP contribution in [0.3, 0.4) is 0 Å². The van der Waals surface area contributed by atoms with E-state index >= 15 is 0 Å². The van der Waals surface area contributed by atoms with Crippen molar-refractivity contribution in [2.24, 2.45) is 0 Å². The molecule has 2 radical (unpaired) electrons. The van der Waals surface area contributed by atoms with Gasteiger partial charge in [0, 0.05) is 0 Å². The highest BCUT2D eigenvalue weighted by Gasteiger charge is 1.76. The molecule has 0 N–H and O–H groups in total. The van der Waals surface area contributed by atoms with Gasteiger partial charge in [0.25, 0.3) is 0 Å². The van der Waals surface area contributed by atoms with Crippen LogP contribution in [0, 0.1) is 13.3 Å². The van der Waals surface area contributed by atoms with Gasteiger partial charge in [-0.25, -0.2) is 0 Å². The SMILES string of the molecule is [CH2]CC[CH]CC. The Balaban J connectivity index is 2.34. The Bertz CT molecular complexity index is 12.0. The average Bonchev–Trinajstić information content (AvgIpc) is 1.61. The van der Waals surface area contributed by atoms with Crippen LogP contribution in [0.1, 0.15) is 26.2 Å². The van der Waals surface area contributed by atoms with Crippen molar-refractivity contribution in [1.82, 2.24) is 0 Å². The summed E-state index contributed by atoms with van der Waals surface area (Å²) in [7, 11) is 0. The van der Waals surface area contributed by atoms with E-state index in [4.69, 9.17) is 0 Å². The molecule has 0 aliphatic rings. The standard InChI is InChI=1S/C6H12/c1-3-5-6-4-2/h6H,1,3-5H2,2H3. The first-order chi connectivity index (χ1) is 2.91. The fourth-order valence-electron chi connectivity index (χ4n) is 0.348. The van der Waals surface area contributed by atoms with Crippen LogP contribution in [-0.2, 0) is 0 Å². The van der Waals surface area contributed by atoms with Crippen LogP contribution in [0.15, 0.2) is 0 Å². The minimum absolute atomic E-state index is 1.05. The van der Waals surface area contributed by atoms with Gasteiger partial charge in [0.15, 0.2) is 0 Å². The summed E-state index contributed by atoms with van der Waals surface area (Å²) in [5.41, 5.74) is 0. The second-order valence-electron chi connectivity index (χ2n) is 1.34. The molecule has 0 spiro atoms. The number of hydrogen-bond donors (Lipinski definition) is 0. The minimum Gasteiger partial charge on any atom is -0.0651 e. The minimum atomic E-state index is 1.05. The van der Waals surface area contributed by atoms with Crippen LogP contribution < -0.4 is 0 Å². The fourth-order valence-corrected chi connectivity index (χ4v) is 0.348. The third kappa shape index (κ3) is 4.00. The van der Waals surface area contributed by atoms with Crippen LogP contribution in [0.2, 0.25) is 0 Å². The van der Waals surface area contributed by atoms with Crippen LogP contribution >= 0.6 is 0 Å². The maximum absolute atomic E-state index is 3.69. The summed E-state index contributed by atoms with van der Waals surface area (Å²) in [6.45, 7) is 5.84. The van der Waals surface area contributed by atoms with E-state index in [0.717, 1.165) is 6.42 Å². The van der Waals surface area contributed by atoms with Gasteiger partial charge in [0.2, 0.25) is 0 Å². The van der Waals surface area contributed by atoms with E-state index in [1.165, 1.54) is 12.8 Å². The first-order valence-corrected chi connectivity index (χ1v) is 2.52. The van der Waals surface area contributed by atoms with Crippen molar-refractivity contribution < 1.29 is 0 Å². The van der Waals surface area contributed by atoms with E-state index in [2.05, 4.69) is 20.3 Å². The molecule has 0 amide bonds. The molecule has 0 saturated carbocycles. The van der Waals surface area contributed by atoms with E-state index in [0.29, 0.717) is 0 Å². The van der Waals surface area contributed by atoms with Gasteiger partial charge in [0.1, 0.15) is 0 Å². The lowest BCUT2D eigenvalue weighted by Crippen LogP contribution is -1.68. The fraction of sp³-hybridized carbons (Fsp3) is 0.667. The highest BCUT2D eigenvalue weighted by atomic mass is 13.8. The first-order valence-electron chi connectivity index (χ1n) is 2.52. The second kappa shape index (κ2) is 5.00. The van der Waals surface area contributed by atoms with Gasteiger partial charge in [-0.2, -0.15) is 0 Å². The molecule has 0 bridgehead atoms. The molecule has 36 valence electrons. The summed E-state index contributed by atoms with van der Waals surface area (Å²) in [6.07, 6.45) is 5.66. The van der Waals surface area contributed by atoms with Gasteiger partial charge >= 0.3 is 0 Å². The van der Waals surface area contributed by atoms with Crippen molar-refractivity contribution in [3.05, 3.63) is 13.3 Å². The third-order valence-corrected chi connectivity index (χ3v) is 0.697. The summed E-state index contributed by atoms with van der Waals surface area (Å²) in [4.78, 5) is 0. The monoisotopic (exact) mass is 84.1 g/mol. The molecule has 0 heterocycles. The molecule has 0 aromatic rings. The molecule has 0 saturated heterocycles. The van der Waals surface area contributed by atoms with Gasteiger partial charge in [-0.05, 0) is 6.42 Å². The number of rotatable bonds is 3. The second-order valence-corrected chi connectivity index (χ2v) is 1.34. The van der Waals surface area contributed by atoms with Gasteiger partial charge < -0.3 is 0 Å². The summed E-state index contributed by atoms with van der Waals surface area (Å²) in [5.74, 6) is 0. The maximum atomic E-state index is 3.69. The van der Waals surface area contributed by atoms with Crippen molar-refractivity contribution >= 4 is 0 Å². The van der Waals surface area contributed by atoms with Crippen molar-refractivity contribution in [3.63, 3.8) is 0 Å². The molecule has 0 rings (SSSR count). The van der Waals surface area contributed by atoms with Crippen LogP contribution in [0.4, 0.5) is 0 Å². The Morgan fingerprint density at radius 1 is 1.67 bits per heavy atom. The summed E-state index contributed by atoms with van der Waals surface area (Å²) in [5, 5.41) is 0. The molecule has 0 heteroatoms. The zero-order valence-electron chi connectivity index (χ0n) is 4.41. The predicted octanol–water partition coefficient (Wildman–Crippen LogP) is 2.21. The van der Waals surface area contributed by atoms with Crippen LogP contribution in [0.25, 0.3) is 0 Å². The summed E-state index contributed by atoms with van der Waals surface area (Å²) >= 11 is 0. The first kappa shape index (κ1) is 6.00. The van der Waals surface area contributed by atoms with E-state index < -0.39 is 0 Å². The number of unbranched alkanes of at least 4 members (excludes halogenated alkanes) is 3. The molecular weight excluding hydrogens is 72.1 g/mol. The van der Waals surface area contributed by atoms with Gasteiger partial charge in [-0.1, -0.05) is 33.1 Å². The quantitative estimate of drug-likeness (QED) is 0.460. The van der Waals surface area contributed by atoms with Crippen LogP contribution in [0.5, 0.6) is 0 Å². The Kier molecular flexibility index (Phi) is 5.00. The van der Waals surface area contributed by atoms with Gasteiger partial charge in [-0.15, -0.1) is 0 Å². The number of hydrogen-bond acceptors (Lipinski definition) is 0. The Hall–Kier alpha value is 0. The lowest BCUT2D eigenvalue weighted by molar-refractivity contribution is 0.900. The lowest BCUT2D eigenvalue weighted by atomic mass is 10.2. The van der Waals surface area contributed by atoms with Gasteiger partial charge in [0.05, 0.1) is 0 Å². The van der Waals surface area contributed by atoms with E-state index in [1.807, 2.05) is 0 Å². The summed E-state index contributed by atoms with van der Waals surface area (Å²) < 4.78 is 0. The Morgan fingerprint density at radius 2 is 2.33 bits per heavy atom. The lowest BCUT2D eigenvalue weighted by Gasteiger charge is -1.85. The van der Waals surface area contributed by atoms with Crippen molar-refractivity contribution in [2.45, 2.75) is 26.2 Å². The van der Waals surface area contributed by atoms with E-state index in [-0.39, 0.29) is 0 Å². The van der Waals surface area contributed by atoms with Crippen molar-refractivity contribution in [3.8, 4) is 0 Å². The van der Waals surface area contributed by atoms with Crippen LogP contribution in [-0.4, -0.2) is 0 Å². The molecule has 0 unspecified atom stereocenters. The predicted molar refractivity (Wildman–Crippen MR) is 29.2 cm³/mol. The Labute approximate surface area is 40.6 Å². The molecule has 0 aliphatic heterocycles. The molecule has 0 atom stereocenters. The summed E-state index contributed by atoms with van der Waals surface area (Å²) in [6, 6.07) is 0. The van der Waals surface area contributed by atoms with Crippen molar-refractivity contribution in [2.75, 3.05) is 0 Å². The highest BCUT2D eigenvalue weighted by Crippen LogP contribution is 1.93. The molecular formula is C6H12. The normalized spacial score (nSPS) is 9.00. The average molecular weight is 84.2 g/mol. The smallest absolute Gasteiger partial charge is 0.0389 e. The largest absolute Gasteiger partial charge is 0.0651 e. The zero-order chi connectivity index (χ0) is 4.83. The highest BCUT2D eigenvalue weighted by molar-refractivity contribution is 4.60. The molecule has 0 nitrogen and oxygen atoms in total.